The molecule has 5 heteroatoms. The average molecular weight is 256 g/mol. The second-order valence-electron chi connectivity index (χ2n) is 3.55. The molecule has 0 aliphatic carbocycles. The number of halogens is 1. The van der Waals surface area contributed by atoms with Gasteiger partial charge in [0.25, 0.3) is 0 Å². The summed E-state index contributed by atoms with van der Waals surface area (Å²) in [6.07, 6.45) is 1.50. The fraction of sp³-hybridized carbons (Fsp3) is 0.182. The van der Waals surface area contributed by atoms with Crippen LogP contribution in [0.1, 0.15) is 5.69 Å². The lowest BCUT2D eigenvalue weighted by molar-refractivity contribution is 0.599. The van der Waals surface area contributed by atoms with Gasteiger partial charge in [-0.05, 0) is 36.3 Å². The van der Waals surface area contributed by atoms with Crippen molar-refractivity contribution in [3.05, 3.63) is 39.1 Å². The number of fused-ring (bicyclic) bond motifs is 1. The zero-order valence-corrected chi connectivity index (χ0v) is 10.4. The number of aromatic amines is 1. The Balaban J connectivity index is 2.89. The molecule has 1 unspecified atom stereocenters. The number of H-pyrrole nitrogens is 1. The molecule has 1 aromatic heterocycles. The Bertz CT molecular complexity index is 607. The molecule has 0 radical (unpaired) electrons. The van der Waals surface area contributed by atoms with Gasteiger partial charge in [0.2, 0.25) is 10.3 Å². The van der Waals surface area contributed by atoms with Gasteiger partial charge >= 0.3 is 0 Å². The quantitative estimate of drug-likeness (QED) is 0.795. The van der Waals surface area contributed by atoms with Gasteiger partial charge in [0.1, 0.15) is 6.26 Å². The number of hydrogen-bond acceptors (Lipinski definition) is 2. The molecule has 3 nitrogen and oxygen atoms in total. The molecule has 0 saturated heterocycles. The van der Waals surface area contributed by atoms with Gasteiger partial charge in [-0.1, -0.05) is 11.6 Å². The van der Waals surface area contributed by atoms with E-state index >= 15 is 0 Å². The van der Waals surface area contributed by atoms with Crippen molar-refractivity contribution in [1.29, 1.82) is 0 Å². The van der Waals surface area contributed by atoms with Gasteiger partial charge in [-0.15, -0.1) is 0 Å². The number of hydrogen-bond donors (Lipinski definition) is 1. The van der Waals surface area contributed by atoms with Crippen LogP contribution in [0.4, 0.5) is 0 Å². The van der Waals surface area contributed by atoms with Gasteiger partial charge in [-0.3, -0.25) is 4.79 Å². The number of aryl methyl sites for hydroxylation is 1. The number of aromatic nitrogens is 1. The fourth-order valence-corrected chi connectivity index (χ4v) is 2.74. The molecule has 2 aromatic rings. The minimum atomic E-state index is -1.29. The summed E-state index contributed by atoms with van der Waals surface area (Å²) in [5.41, 5.74) is 1.11. The monoisotopic (exact) mass is 255 g/mol. The summed E-state index contributed by atoms with van der Waals surface area (Å²) < 4.78 is 11.5. The van der Waals surface area contributed by atoms with E-state index in [-0.39, 0.29) is 5.43 Å². The molecular formula is C11H10ClNO2S. The lowest BCUT2D eigenvalue weighted by Crippen LogP contribution is -2.17. The van der Waals surface area contributed by atoms with Crippen LogP contribution in [0.15, 0.2) is 27.9 Å². The lowest BCUT2D eigenvalue weighted by atomic mass is 10.2. The van der Waals surface area contributed by atoms with Crippen molar-refractivity contribution >= 4 is 33.7 Å². The Morgan fingerprint density at radius 1 is 1.44 bits per heavy atom. The highest BCUT2D eigenvalue weighted by atomic mass is 35.5. The molecule has 0 aliphatic heterocycles. The van der Waals surface area contributed by atoms with Gasteiger partial charge in [0.05, 0.1) is 16.6 Å². The van der Waals surface area contributed by atoms with Crippen LogP contribution < -0.4 is 5.43 Å². The fourth-order valence-electron chi connectivity index (χ4n) is 1.72. The predicted octanol–water partition coefficient (Wildman–Crippen LogP) is 2.23. The van der Waals surface area contributed by atoms with E-state index in [1.807, 2.05) is 0 Å². The van der Waals surface area contributed by atoms with Crippen molar-refractivity contribution in [2.75, 3.05) is 6.26 Å². The van der Waals surface area contributed by atoms with Crippen LogP contribution in [-0.2, 0) is 11.2 Å². The van der Waals surface area contributed by atoms with Crippen molar-refractivity contribution in [2.24, 2.45) is 0 Å². The van der Waals surface area contributed by atoms with Gasteiger partial charge in [0.15, 0.2) is 0 Å². The summed E-state index contributed by atoms with van der Waals surface area (Å²) in [7, 11) is 0. The molecule has 0 amide bonds. The van der Waals surface area contributed by atoms with Crippen molar-refractivity contribution in [3.63, 3.8) is 0 Å². The molecule has 0 aliphatic rings. The molecule has 1 N–H and O–H groups in total. The summed E-state index contributed by atoms with van der Waals surface area (Å²) in [6.45, 7) is 1.73. The van der Waals surface area contributed by atoms with E-state index in [2.05, 4.69) is 4.98 Å². The second-order valence-corrected chi connectivity index (χ2v) is 5.31. The number of pyridine rings is 1. The second kappa shape index (κ2) is 4.13. The van der Waals surface area contributed by atoms with E-state index in [0.29, 0.717) is 26.5 Å². The zero-order chi connectivity index (χ0) is 11.9. The normalized spacial score (nSPS) is 13.0. The van der Waals surface area contributed by atoms with Gasteiger partial charge in [-0.2, -0.15) is 0 Å². The van der Waals surface area contributed by atoms with Crippen molar-refractivity contribution in [2.45, 2.75) is 11.8 Å². The van der Waals surface area contributed by atoms with E-state index in [1.165, 1.54) is 6.26 Å². The molecule has 16 heavy (non-hydrogen) atoms. The van der Waals surface area contributed by atoms with E-state index in [1.54, 1.807) is 25.1 Å². The topological polar surface area (TPSA) is 55.9 Å². The molecule has 1 aromatic carbocycles. The Labute approximate surface area is 101 Å². The smallest absolute Gasteiger partial charge is 0.244 e. The third-order valence-electron chi connectivity index (χ3n) is 2.38. The third-order valence-corrected chi connectivity index (χ3v) is 3.68. The Hall–Kier alpha value is -0.970. The summed E-state index contributed by atoms with van der Waals surface area (Å²) >= 11 is 4.55. The molecule has 2 rings (SSSR count). The first-order chi connectivity index (χ1) is 7.50. The largest absolute Gasteiger partial charge is 0.611 e. The summed E-state index contributed by atoms with van der Waals surface area (Å²) in [5.74, 6) is 0. The minimum Gasteiger partial charge on any atom is -0.611 e. The molecule has 1 atom stereocenters. The van der Waals surface area contributed by atoms with Crippen molar-refractivity contribution in [3.8, 4) is 0 Å². The van der Waals surface area contributed by atoms with Crippen LogP contribution in [-0.4, -0.2) is 15.8 Å². The number of benzene rings is 1. The average Bonchev–Trinajstić information content (AvgIpc) is 2.15. The van der Waals surface area contributed by atoms with Crippen LogP contribution in [0.25, 0.3) is 10.9 Å². The first-order valence-corrected chi connectivity index (χ1v) is 6.60. The van der Waals surface area contributed by atoms with Crippen LogP contribution in [0.3, 0.4) is 0 Å². The van der Waals surface area contributed by atoms with E-state index in [0.717, 1.165) is 0 Å². The first-order valence-electron chi connectivity index (χ1n) is 4.66. The summed E-state index contributed by atoms with van der Waals surface area (Å²) in [4.78, 5) is 15.4. The molecule has 1 heterocycles. The third kappa shape index (κ3) is 1.84. The Morgan fingerprint density at radius 2 is 2.12 bits per heavy atom. The summed E-state index contributed by atoms with van der Waals surface area (Å²) in [5, 5.41) is 1.08. The van der Waals surface area contributed by atoms with Crippen molar-refractivity contribution in [1.82, 2.24) is 4.98 Å². The highest BCUT2D eigenvalue weighted by Crippen LogP contribution is 2.18. The van der Waals surface area contributed by atoms with Gasteiger partial charge in [0, 0.05) is 5.02 Å². The Kier molecular flexibility index (Phi) is 2.97. The molecule has 0 spiro atoms. The van der Waals surface area contributed by atoms with Gasteiger partial charge < -0.3 is 9.54 Å². The standard InChI is InChI=1S/C11H10ClNO2S/c1-6-11(16(2)15)10(14)8-4-3-7(12)5-9(8)13-6/h3-5H,1-2H3,(H,13,14). The van der Waals surface area contributed by atoms with Crippen LogP contribution in [0.2, 0.25) is 5.02 Å². The Morgan fingerprint density at radius 3 is 2.75 bits per heavy atom. The molecule has 0 bridgehead atoms. The van der Waals surface area contributed by atoms with Crippen molar-refractivity contribution < 1.29 is 4.55 Å². The molecule has 0 saturated carbocycles. The minimum absolute atomic E-state index is 0.191. The molecule has 84 valence electrons. The zero-order valence-electron chi connectivity index (χ0n) is 8.83. The lowest BCUT2D eigenvalue weighted by Gasteiger charge is -2.08. The number of nitrogens with one attached hydrogen (secondary N) is 1. The van der Waals surface area contributed by atoms with Gasteiger partial charge in [-0.25, -0.2) is 0 Å². The van der Waals surface area contributed by atoms with Crippen LogP contribution >= 0.6 is 11.6 Å². The maximum Gasteiger partial charge on any atom is 0.244 e. The molecular weight excluding hydrogens is 246 g/mol. The van der Waals surface area contributed by atoms with Crippen LogP contribution in [0, 0.1) is 6.92 Å². The van der Waals surface area contributed by atoms with Crippen LogP contribution in [0.5, 0.6) is 0 Å². The maximum absolute atomic E-state index is 12.0. The highest BCUT2D eigenvalue weighted by Gasteiger charge is 2.17. The first kappa shape index (κ1) is 11.5. The van der Waals surface area contributed by atoms with E-state index in [9.17, 15) is 9.35 Å². The predicted molar refractivity (Wildman–Crippen MR) is 66.6 cm³/mol. The number of rotatable bonds is 1. The van der Waals surface area contributed by atoms with E-state index < -0.39 is 11.2 Å². The summed E-state index contributed by atoms with van der Waals surface area (Å²) in [6, 6.07) is 4.98. The maximum atomic E-state index is 12.0. The molecule has 0 fully saturated rings. The SMILES string of the molecule is Cc1[nH]c2cc(Cl)ccc2c(=O)c1[S+](C)[O-]. The highest BCUT2D eigenvalue weighted by molar-refractivity contribution is 7.90. The van der Waals surface area contributed by atoms with E-state index in [4.69, 9.17) is 11.6 Å².